The third-order valence-electron chi connectivity index (χ3n) is 6.03. The zero-order valence-electron chi connectivity index (χ0n) is 21.8. The molecule has 0 spiro atoms. The van der Waals surface area contributed by atoms with Gasteiger partial charge >= 0.3 is 0 Å². The smallest absolute Gasteiger partial charge is 0.261 e. The first-order valence-corrected chi connectivity index (χ1v) is 12.2. The van der Waals surface area contributed by atoms with Crippen LogP contribution < -0.4 is 14.8 Å². The van der Waals surface area contributed by atoms with Crippen LogP contribution in [0.5, 0.6) is 11.5 Å². The number of amides is 2. The number of ether oxygens (including phenoxy) is 2. The minimum Gasteiger partial charge on any atom is -0.497 e. The van der Waals surface area contributed by atoms with Gasteiger partial charge in [-0.25, -0.2) is 0 Å². The summed E-state index contributed by atoms with van der Waals surface area (Å²) in [4.78, 5) is 28.7. The van der Waals surface area contributed by atoms with Crippen molar-refractivity contribution in [3.63, 3.8) is 0 Å². The van der Waals surface area contributed by atoms with Crippen LogP contribution >= 0.6 is 0 Å². The zero-order chi connectivity index (χ0) is 26.1. The first-order valence-electron chi connectivity index (χ1n) is 12.2. The molecular formula is C30H36N2O4. The molecule has 0 saturated heterocycles. The van der Waals surface area contributed by atoms with E-state index in [1.807, 2.05) is 100 Å². The van der Waals surface area contributed by atoms with E-state index in [-0.39, 0.29) is 31.0 Å². The minimum atomic E-state index is -0.711. The van der Waals surface area contributed by atoms with Crippen LogP contribution in [0.1, 0.15) is 36.1 Å². The molecule has 0 heterocycles. The highest BCUT2D eigenvalue weighted by Gasteiger charge is 2.31. The van der Waals surface area contributed by atoms with Crippen LogP contribution in [0.15, 0.2) is 72.8 Å². The number of carbonyl (C=O) groups excluding carboxylic acids is 2. The lowest BCUT2D eigenvalue weighted by molar-refractivity contribution is -0.143. The highest BCUT2D eigenvalue weighted by Crippen LogP contribution is 2.20. The molecule has 190 valence electrons. The average molecular weight is 489 g/mol. The van der Waals surface area contributed by atoms with Gasteiger partial charge in [0.15, 0.2) is 6.61 Å². The van der Waals surface area contributed by atoms with Gasteiger partial charge in [0.05, 0.1) is 7.11 Å². The molecule has 1 atom stereocenters. The van der Waals surface area contributed by atoms with Crippen molar-refractivity contribution in [2.45, 2.75) is 52.7 Å². The van der Waals surface area contributed by atoms with Crippen molar-refractivity contribution in [2.75, 3.05) is 13.7 Å². The summed E-state index contributed by atoms with van der Waals surface area (Å²) in [5.74, 6) is 0.851. The molecular weight excluding hydrogens is 452 g/mol. The largest absolute Gasteiger partial charge is 0.497 e. The topological polar surface area (TPSA) is 67.9 Å². The van der Waals surface area contributed by atoms with Gasteiger partial charge in [-0.15, -0.1) is 0 Å². The maximum atomic E-state index is 13.6. The Morgan fingerprint density at radius 3 is 2.25 bits per heavy atom. The number of methoxy groups -OCH3 is 1. The molecule has 0 aromatic heterocycles. The molecule has 3 aromatic rings. The van der Waals surface area contributed by atoms with E-state index in [0.29, 0.717) is 17.9 Å². The van der Waals surface area contributed by atoms with Crippen LogP contribution in [0.2, 0.25) is 0 Å². The van der Waals surface area contributed by atoms with Crippen LogP contribution in [-0.4, -0.2) is 42.5 Å². The van der Waals surface area contributed by atoms with Gasteiger partial charge in [-0.3, -0.25) is 9.59 Å². The van der Waals surface area contributed by atoms with Gasteiger partial charge in [0.1, 0.15) is 17.5 Å². The number of nitrogens with one attached hydrogen (secondary N) is 1. The van der Waals surface area contributed by atoms with Crippen molar-refractivity contribution in [1.29, 1.82) is 0 Å². The van der Waals surface area contributed by atoms with E-state index >= 15 is 0 Å². The zero-order valence-corrected chi connectivity index (χ0v) is 21.8. The molecule has 0 saturated carbocycles. The molecule has 0 aliphatic carbocycles. The van der Waals surface area contributed by atoms with E-state index in [1.165, 1.54) is 0 Å². The van der Waals surface area contributed by atoms with Crippen molar-refractivity contribution in [1.82, 2.24) is 10.2 Å². The maximum absolute atomic E-state index is 13.6. The summed E-state index contributed by atoms with van der Waals surface area (Å²) in [6.45, 7) is 7.93. The molecule has 3 rings (SSSR count). The lowest BCUT2D eigenvalue weighted by Gasteiger charge is -2.32. The van der Waals surface area contributed by atoms with Gasteiger partial charge < -0.3 is 19.7 Å². The number of rotatable bonds is 11. The number of carbonyl (C=O) groups is 2. The second-order valence-corrected chi connectivity index (χ2v) is 9.28. The molecule has 0 bridgehead atoms. The van der Waals surface area contributed by atoms with E-state index in [4.69, 9.17) is 9.47 Å². The lowest BCUT2D eigenvalue weighted by Crippen LogP contribution is -2.52. The van der Waals surface area contributed by atoms with E-state index < -0.39 is 6.04 Å². The predicted molar refractivity (Wildman–Crippen MR) is 142 cm³/mol. The molecule has 6 nitrogen and oxygen atoms in total. The van der Waals surface area contributed by atoms with Crippen LogP contribution in [0.3, 0.4) is 0 Å². The third-order valence-corrected chi connectivity index (χ3v) is 6.03. The molecule has 36 heavy (non-hydrogen) atoms. The molecule has 6 heteroatoms. The monoisotopic (exact) mass is 488 g/mol. The Kier molecular flexibility index (Phi) is 9.51. The minimum absolute atomic E-state index is 0.0590. The molecule has 0 aliphatic rings. The summed E-state index contributed by atoms with van der Waals surface area (Å²) in [6.07, 6.45) is 0.388. The average Bonchev–Trinajstić information content (AvgIpc) is 2.87. The second-order valence-electron chi connectivity index (χ2n) is 9.28. The lowest BCUT2D eigenvalue weighted by atomic mass is 10.0. The summed E-state index contributed by atoms with van der Waals surface area (Å²) in [5, 5.41) is 3.00. The number of hydrogen-bond donors (Lipinski definition) is 1. The Morgan fingerprint density at radius 1 is 0.861 bits per heavy atom. The number of nitrogens with zero attached hydrogens (tertiary/aromatic N) is 1. The van der Waals surface area contributed by atoms with Crippen molar-refractivity contribution in [3.05, 3.63) is 95.1 Å². The standard InChI is InChI=1S/C30H36N2O4/c1-21(2)31-30(34)28(18-24-10-7-6-8-11-24)32(19-25-12-9-13-26(17-25)35-5)29(33)20-36-27-15-14-22(3)23(4)16-27/h6-17,21,28H,18-20H2,1-5H3,(H,31,34)/t28-/m1/s1. The van der Waals surface area contributed by atoms with E-state index in [2.05, 4.69) is 5.32 Å². The highest BCUT2D eigenvalue weighted by atomic mass is 16.5. The first-order chi connectivity index (χ1) is 17.3. The molecule has 1 N–H and O–H groups in total. The fourth-order valence-electron chi connectivity index (χ4n) is 3.93. The van der Waals surface area contributed by atoms with E-state index in [9.17, 15) is 9.59 Å². The molecule has 0 fully saturated rings. The van der Waals surface area contributed by atoms with E-state index in [0.717, 1.165) is 22.3 Å². The number of benzene rings is 3. The molecule has 0 unspecified atom stereocenters. The molecule has 0 radical (unpaired) electrons. The summed E-state index contributed by atoms with van der Waals surface area (Å²) in [7, 11) is 1.60. The van der Waals surface area contributed by atoms with Crippen LogP contribution in [0.4, 0.5) is 0 Å². The van der Waals surface area contributed by atoms with Gasteiger partial charge in [0.25, 0.3) is 5.91 Å². The molecule has 0 aliphatic heterocycles. The Bertz CT molecular complexity index is 1160. The summed E-state index contributed by atoms with van der Waals surface area (Å²) >= 11 is 0. The SMILES string of the molecule is COc1cccc(CN(C(=O)COc2ccc(C)c(C)c2)[C@H](Cc2ccccc2)C(=O)NC(C)C)c1. The van der Waals surface area contributed by atoms with Crippen molar-refractivity contribution in [2.24, 2.45) is 0 Å². The normalized spacial score (nSPS) is 11.6. The third kappa shape index (κ3) is 7.60. The second kappa shape index (κ2) is 12.8. The van der Waals surface area contributed by atoms with Gasteiger partial charge in [-0.1, -0.05) is 48.5 Å². The molecule has 3 aromatic carbocycles. The summed E-state index contributed by atoms with van der Waals surface area (Å²) in [6, 6.07) is 22.2. The summed E-state index contributed by atoms with van der Waals surface area (Å²) < 4.78 is 11.3. The Labute approximate surface area is 214 Å². The maximum Gasteiger partial charge on any atom is 0.261 e. The van der Waals surface area contributed by atoms with Crippen molar-refractivity contribution >= 4 is 11.8 Å². The fourth-order valence-corrected chi connectivity index (χ4v) is 3.93. The van der Waals surface area contributed by atoms with Gasteiger partial charge in [-0.2, -0.15) is 0 Å². The Hall–Kier alpha value is -3.80. The van der Waals surface area contributed by atoms with Gasteiger partial charge in [0, 0.05) is 19.0 Å². The number of hydrogen-bond acceptors (Lipinski definition) is 4. The van der Waals surface area contributed by atoms with Crippen LogP contribution in [0.25, 0.3) is 0 Å². The highest BCUT2D eigenvalue weighted by molar-refractivity contribution is 5.88. The van der Waals surface area contributed by atoms with Crippen molar-refractivity contribution < 1.29 is 19.1 Å². The van der Waals surface area contributed by atoms with Gasteiger partial charge in [0.2, 0.25) is 5.91 Å². The number of aryl methyl sites for hydroxylation is 2. The fraction of sp³-hybridized carbons (Fsp3) is 0.333. The van der Waals surface area contributed by atoms with Crippen LogP contribution in [0, 0.1) is 13.8 Å². The predicted octanol–water partition coefficient (Wildman–Crippen LogP) is 4.86. The summed E-state index contributed by atoms with van der Waals surface area (Å²) in [5.41, 5.74) is 4.08. The molecule has 2 amide bonds. The van der Waals surface area contributed by atoms with Crippen LogP contribution in [-0.2, 0) is 22.6 Å². The first kappa shape index (κ1) is 26.8. The quantitative estimate of drug-likeness (QED) is 0.419. The van der Waals surface area contributed by atoms with Crippen molar-refractivity contribution in [3.8, 4) is 11.5 Å². The Balaban J connectivity index is 1.92. The van der Waals surface area contributed by atoms with Gasteiger partial charge in [-0.05, 0) is 74.2 Å². The Morgan fingerprint density at radius 2 is 1.58 bits per heavy atom. The van der Waals surface area contributed by atoms with E-state index in [1.54, 1.807) is 12.0 Å².